The second-order valence-corrected chi connectivity index (χ2v) is 4.55. The lowest BCUT2D eigenvalue weighted by molar-refractivity contribution is -0.151. The predicted molar refractivity (Wildman–Crippen MR) is 78.7 cm³/mol. The Labute approximate surface area is 123 Å². The van der Waals surface area contributed by atoms with Crippen LogP contribution in [-0.2, 0) is 19.0 Å². The van der Waals surface area contributed by atoms with Crippen molar-refractivity contribution in [2.24, 2.45) is 0 Å². The summed E-state index contributed by atoms with van der Waals surface area (Å²) in [5.41, 5.74) is -0.328. The van der Waals surface area contributed by atoms with Crippen LogP contribution in [0.2, 0.25) is 0 Å². The Morgan fingerprint density at radius 1 is 0.950 bits per heavy atom. The van der Waals surface area contributed by atoms with Crippen molar-refractivity contribution in [2.75, 3.05) is 39.6 Å². The first-order chi connectivity index (χ1) is 9.24. The molecule has 0 aromatic heterocycles. The lowest BCUT2D eigenvalue weighted by Crippen LogP contribution is -2.21. The zero-order valence-corrected chi connectivity index (χ0v) is 13.8. The quantitative estimate of drug-likeness (QED) is 0.569. The molecule has 0 aliphatic carbocycles. The minimum Gasteiger partial charge on any atom is -0.460 e. The first kappa shape index (κ1) is 24.3. The van der Waals surface area contributed by atoms with E-state index in [1.54, 1.807) is 0 Å². The fraction of sp³-hybridized carbons (Fsp3) is 0.929. The first-order valence-corrected chi connectivity index (χ1v) is 6.81. The average molecular weight is 296 g/mol. The summed E-state index contributed by atoms with van der Waals surface area (Å²) in [6.07, 6.45) is 0. The predicted octanol–water partition coefficient (Wildman–Crippen LogP) is 1.38. The van der Waals surface area contributed by atoms with Gasteiger partial charge in [0.25, 0.3) is 0 Å². The fourth-order valence-electron chi connectivity index (χ4n) is 0.866. The van der Waals surface area contributed by atoms with E-state index < -0.39 is 0 Å². The van der Waals surface area contributed by atoms with Crippen molar-refractivity contribution in [3.63, 3.8) is 0 Å². The number of hydrogen-bond donors (Lipinski definition) is 2. The van der Waals surface area contributed by atoms with Gasteiger partial charge >= 0.3 is 5.97 Å². The topological polar surface area (TPSA) is 85.2 Å². The third-order valence-electron chi connectivity index (χ3n) is 1.33. The molecule has 0 heterocycles. The van der Waals surface area contributed by atoms with Gasteiger partial charge in [-0.2, -0.15) is 0 Å². The van der Waals surface area contributed by atoms with E-state index in [0.29, 0.717) is 13.2 Å². The molecule has 0 unspecified atom stereocenters. The Kier molecular flexibility index (Phi) is 22.3. The number of carbonyl (C=O) groups excluding carboxylic acids is 1. The SMILES string of the molecule is CC(=O)OC(C)(C)C.CCOCC.OCCOCCO. The van der Waals surface area contributed by atoms with Gasteiger partial charge in [0.05, 0.1) is 26.4 Å². The summed E-state index contributed by atoms with van der Waals surface area (Å²) in [4.78, 5) is 10.2. The third-order valence-corrected chi connectivity index (χ3v) is 1.33. The molecule has 2 N–H and O–H groups in total. The van der Waals surface area contributed by atoms with Crippen LogP contribution in [-0.4, -0.2) is 61.4 Å². The Hall–Kier alpha value is -0.690. The summed E-state index contributed by atoms with van der Waals surface area (Å²) in [6, 6.07) is 0. The molecule has 0 aromatic rings. The maximum absolute atomic E-state index is 10.2. The highest BCUT2D eigenvalue weighted by molar-refractivity contribution is 5.66. The van der Waals surface area contributed by atoms with Gasteiger partial charge < -0.3 is 24.4 Å². The van der Waals surface area contributed by atoms with Gasteiger partial charge in [-0.3, -0.25) is 4.79 Å². The maximum Gasteiger partial charge on any atom is 0.303 e. The van der Waals surface area contributed by atoms with Gasteiger partial charge in [0.1, 0.15) is 5.60 Å². The van der Waals surface area contributed by atoms with Gasteiger partial charge in [0.15, 0.2) is 0 Å². The molecule has 6 nitrogen and oxygen atoms in total. The standard InChI is InChI=1S/C6H12O2.C4H10O3.C4H10O/c1-5(7)8-6(2,3)4;5-1-3-7-4-2-6;1-3-5-4-2/h1-4H3;5-6H,1-4H2;3-4H2,1-2H3. The molecule has 0 aliphatic heterocycles. The molecule has 0 aliphatic rings. The number of carbonyl (C=O) groups is 1. The summed E-state index contributed by atoms with van der Waals surface area (Å²) < 4.78 is 14.3. The van der Waals surface area contributed by atoms with Crippen LogP contribution >= 0.6 is 0 Å². The van der Waals surface area contributed by atoms with E-state index in [1.165, 1.54) is 6.92 Å². The van der Waals surface area contributed by atoms with Crippen LogP contribution < -0.4 is 0 Å². The summed E-state index contributed by atoms with van der Waals surface area (Å²) >= 11 is 0. The molecule has 0 atom stereocenters. The normalized spacial score (nSPS) is 9.80. The first-order valence-electron chi connectivity index (χ1n) is 6.81. The van der Waals surface area contributed by atoms with Crippen LogP contribution in [0.5, 0.6) is 0 Å². The van der Waals surface area contributed by atoms with E-state index in [1.807, 2.05) is 34.6 Å². The largest absolute Gasteiger partial charge is 0.460 e. The monoisotopic (exact) mass is 296 g/mol. The number of ether oxygens (including phenoxy) is 3. The van der Waals surface area contributed by atoms with E-state index in [2.05, 4.69) is 4.74 Å². The second kappa shape index (κ2) is 18.3. The molecule has 0 rings (SSSR count). The minimum absolute atomic E-state index is 0.0278. The average Bonchev–Trinajstić information content (AvgIpc) is 2.29. The van der Waals surface area contributed by atoms with E-state index in [-0.39, 0.29) is 24.8 Å². The maximum atomic E-state index is 10.2. The molecule has 0 spiro atoms. The van der Waals surface area contributed by atoms with Crippen LogP contribution in [0.3, 0.4) is 0 Å². The molecule has 6 heteroatoms. The van der Waals surface area contributed by atoms with E-state index in [4.69, 9.17) is 19.7 Å². The number of esters is 1. The number of aliphatic hydroxyl groups excluding tert-OH is 2. The van der Waals surface area contributed by atoms with Crippen LogP contribution in [0, 0.1) is 0 Å². The van der Waals surface area contributed by atoms with Gasteiger partial charge in [0, 0.05) is 20.1 Å². The molecule has 0 saturated heterocycles. The van der Waals surface area contributed by atoms with Gasteiger partial charge in [-0.05, 0) is 34.6 Å². The van der Waals surface area contributed by atoms with E-state index >= 15 is 0 Å². The molecule has 0 saturated carbocycles. The van der Waals surface area contributed by atoms with Gasteiger partial charge in [0.2, 0.25) is 0 Å². The zero-order valence-electron chi connectivity index (χ0n) is 13.8. The molecular formula is C14H32O6. The van der Waals surface area contributed by atoms with E-state index in [0.717, 1.165) is 13.2 Å². The number of aliphatic hydroxyl groups is 2. The van der Waals surface area contributed by atoms with Crippen molar-refractivity contribution < 1.29 is 29.2 Å². The van der Waals surface area contributed by atoms with Gasteiger partial charge in [-0.1, -0.05) is 0 Å². The van der Waals surface area contributed by atoms with Gasteiger partial charge in [-0.25, -0.2) is 0 Å². The van der Waals surface area contributed by atoms with Crippen molar-refractivity contribution in [2.45, 2.75) is 47.1 Å². The Morgan fingerprint density at radius 2 is 1.35 bits per heavy atom. The van der Waals surface area contributed by atoms with Crippen LogP contribution in [0.4, 0.5) is 0 Å². The van der Waals surface area contributed by atoms with E-state index in [9.17, 15) is 4.79 Å². The number of rotatable bonds is 6. The Bertz CT molecular complexity index is 183. The molecule has 0 radical (unpaired) electrons. The fourth-order valence-corrected chi connectivity index (χ4v) is 0.866. The van der Waals surface area contributed by atoms with Crippen LogP contribution in [0.15, 0.2) is 0 Å². The molecule has 124 valence electrons. The van der Waals surface area contributed by atoms with Crippen molar-refractivity contribution >= 4 is 5.97 Å². The van der Waals surface area contributed by atoms with Gasteiger partial charge in [-0.15, -0.1) is 0 Å². The van der Waals surface area contributed by atoms with Crippen molar-refractivity contribution in [1.82, 2.24) is 0 Å². The third kappa shape index (κ3) is 43.3. The lowest BCUT2D eigenvalue weighted by Gasteiger charge is -2.17. The Balaban J connectivity index is -0.000000223. The highest BCUT2D eigenvalue weighted by Gasteiger charge is 2.11. The molecular weight excluding hydrogens is 264 g/mol. The molecule has 20 heavy (non-hydrogen) atoms. The molecule has 0 bridgehead atoms. The van der Waals surface area contributed by atoms with Crippen molar-refractivity contribution in [3.8, 4) is 0 Å². The molecule has 0 fully saturated rings. The Morgan fingerprint density at radius 3 is 1.45 bits per heavy atom. The van der Waals surface area contributed by atoms with Crippen molar-refractivity contribution in [1.29, 1.82) is 0 Å². The molecule has 0 aromatic carbocycles. The summed E-state index contributed by atoms with van der Waals surface area (Å²) in [7, 11) is 0. The van der Waals surface area contributed by atoms with Crippen molar-refractivity contribution in [3.05, 3.63) is 0 Å². The second-order valence-electron chi connectivity index (χ2n) is 4.55. The zero-order chi connectivity index (χ0) is 16.4. The molecule has 0 amide bonds. The highest BCUT2D eigenvalue weighted by Crippen LogP contribution is 2.05. The van der Waals surface area contributed by atoms with Crippen LogP contribution in [0.25, 0.3) is 0 Å². The summed E-state index contributed by atoms with van der Waals surface area (Å²) in [5, 5.41) is 16.2. The highest BCUT2D eigenvalue weighted by atomic mass is 16.6. The number of hydrogen-bond acceptors (Lipinski definition) is 6. The smallest absolute Gasteiger partial charge is 0.303 e. The lowest BCUT2D eigenvalue weighted by atomic mass is 10.2. The van der Waals surface area contributed by atoms with Crippen LogP contribution in [0.1, 0.15) is 41.5 Å². The minimum atomic E-state index is -0.328. The summed E-state index contributed by atoms with van der Waals surface area (Å²) in [6.45, 7) is 13.3. The summed E-state index contributed by atoms with van der Waals surface area (Å²) in [5.74, 6) is -0.225.